The van der Waals surface area contributed by atoms with Crippen LogP contribution < -0.4 is 103 Å². The summed E-state index contributed by atoms with van der Waals surface area (Å²) in [5, 5.41) is 46.5. The normalized spacial score (nSPS) is 1.20. The van der Waals surface area contributed by atoms with Gasteiger partial charge in [-0.3, -0.25) is 0 Å². The van der Waals surface area contributed by atoms with E-state index in [-0.39, 0.29) is 223 Å². The van der Waals surface area contributed by atoms with Crippen LogP contribution in [0.2, 0.25) is 0 Å². The minimum atomic E-state index is 0. The summed E-state index contributed by atoms with van der Waals surface area (Å²) in [5.74, 6) is 0. The van der Waals surface area contributed by atoms with E-state index in [9.17, 15) is 0 Å². The predicted molar refractivity (Wildman–Crippen MR) is 50.5 cm³/mol. The van der Waals surface area contributed by atoms with Gasteiger partial charge in [0.15, 0.2) is 0 Å². The number of hydrogen-bond donors (Lipinski definition) is 0. The minimum Gasteiger partial charge on any atom is -0.512 e. The average molecular weight is 414 g/mol. The van der Waals surface area contributed by atoms with E-state index >= 15 is 0 Å². The van der Waals surface area contributed by atoms with Gasteiger partial charge in [-0.05, 0) is 0 Å². The van der Waals surface area contributed by atoms with Gasteiger partial charge < -0.3 is 81.1 Å². The molecule has 0 aliphatic heterocycles. The Labute approximate surface area is 300 Å². The van der Waals surface area contributed by atoms with Gasteiger partial charge in [-0.15, -0.1) is 5.34 Å². The van der Waals surface area contributed by atoms with Crippen LogP contribution in [-0.2, 0) is 17.1 Å². The van der Waals surface area contributed by atoms with Crippen LogP contribution in [0.25, 0.3) is 0 Å². The number of hydrogen-bond acceptors (Lipinski definition) is 9. The third-order valence-electron chi connectivity index (χ3n) is 0. The van der Waals surface area contributed by atoms with Crippen LogP contribution in [0.5, 0.6) is 0 Å². The summed E-state index contributed by atoms with van der Waals surface area (Å²) >= 11 is 0. The van der Waals surface area contributed by atoms with Crippen molar-refractivity contribution in [1.82, 2.24) is 0 Å². The van der Waals surface area contributed by atoms with Gasteiger partial charge in [0.1, 0.15) is 0 Å². The molecular formula is C6FeK4N7O2. The molecule has 0 N–H and O–H groups in total. The van der Waals surface area contributed by atoms with E-state index in [2.05, 4.69) is 0 Å². The Morgan fingerprint density at radius 3 is 0.600 bits per heavy atom. The second-order valence-electron chi connectivity index (χ2n) is 0.0745. The van der Waals surface area contributed by atoms with Crippen LogP contribution in [0.15, 0.2) is 5.34 Å². The summed E-state index contributed by atoms with van der Waals surface area (Å²) in [6, 6.07) is 0. The van der Waals surface area contributed by atoms with Crippen molar-refractivity contribution in [1.29, 1.82) is 31.6 Å². The molecule has 0 atom stereocenters. The van der Waals surface area contributed by atoms with Crippen molar-refractivity contribution in [2.24, 2.45) is 5.34 Å². The molecule has 0 amide bonds. The number of rotatable bonds is 0. The standard InChI is InChI=1S/6CN.Fe.4K.HNO2/c6*1-2;;;;;;2-1-3/h;;;;;;;;;;;(H,2,3)/q6*-1;+5;;;2*+1;/p-1. The van der Waals surface area contributed by atoms with Crippen LogP contribution in [0.4, 0.5) is 0 Å². The molecule has 0 aromatic rings. The topological polar surface area (TPSA) is 195 Å². The van der Waals surface area contributed by atoms with Crippen molar-refractivity contribution >= 4 is 103 Å². The largest absolute Gasteiger partial charge is 5.00 e. The zero-order valence-electron chi connectivity index (χ0n) is 11.3. The Kier molecular flexibility index (Phi) is 2390. The smallest absolute Gasteiger partial charge is 0.512 e. The van der Waals surface area contributed by atoms with Crippen LogP contribution >= 0.6 is 0 Å². The van der Waals surface area contributed by atoms with Gasteiger partial charge >= 0.3 is 120 Å². The van der Waals surface area contributed by atoms with Crippen molar-refractivity contribution in [3.05, 3.63) is 49.5 Å². The van der Waals surface area contributed by atoms with E-state index in [4.69, 9.17) is 81.1 Å². The van der Waals surface area contributed by atoms with Gasteiger partial charge in [0.2, 0.25) is 0 Å². The second-order valence-corrected chi connectivity index (χ2v) is 0.0745. The minimum absolute atomic E-state index is 0. The molecule has 0 saturated heterocycles. The summed E-state index contributed by atoms with van der Waals surface area (Å²) < 4.78 is 0. The third-order valence-corrected chi connectivity index (χ3v) is 0. The Morgan fingerprint density at radius 1 is 0.600 bits per heavy atom. The Hall–Kier alpha value is 3.40. The van der Waals surface area contributed by atoms with E-state index in [0.717, 1.165) is 5.34 Å². The number of nitrogens with zero attached hydrogens (tertiary/aromatic N) is 7. The molecule has 14 heteroatoms. The molecule has 9 nitrogen and oxygen atoms in total. The fraction of sp³-hybridized carbons (Fsp3) is 0. The summed E-state index contributed by atoms with van der Waals surface area (Å²) in [6.45, 7) is 28.5. The molecule has 3 radical (unpaired) electrons. The molecule has 0 fully saturated rings. The third kappa shape index (κ3) is 769. The monoisotopic (exact) mass is 414 g/mol. The Morgan fingerprint density at radius 2 is 0.600 bits per heavy atom. The van der Waals surface area contributed by atoms with Crippen molar-refractivity contribution in [2.75, 3.05) is 0 Å². The summed E-state index contributed by atoms with van der Waals surface area (Å²) in [7, 11) is 0. The van der Waals surface area contributed by atoms with E-state index in [1.807, 2.05) is 0 Å². The van der Waals surface area contributed by atoms with Gasteiger partial charge in [0.05, 0.1) is 0 Å². The Balaban J connectivity index is -0.00000000361. The van der Waals surface area contributed by atoms with E-state index in [1.54, 1.807) is 0 Å². The van der Waals surface area contributed by atoms with Gasteiger partial charge in [-0.25, -0.2) is 0 Å². The molecule has 0 aromatic carbocycles. The zero-order chi connectivity index (χ0) is 14.7. The van der Waals surface area contributed by atoms with Crippen molar-refractivity contribution in [3.8, 4) is 0 Å². The summed E-state index contributed by atoms with van der Waals surface area (Å²) in [5.41, 5.74) is 0. The molecule has 0 aliphatic carbocycles. The molecule has 0 spiro atoms. The van der Waals surface area contributed by atoms with E-state index < -0.39 is 0 Å². The zero-order valence-corrected chi connectivity index (χ0v) is 24.9. The summed E-state index contributed by atoms with van der Waals surface area (Å²) in [6.07, 6.45) is 0. The Bertz CT molecular complexity index is 149. The van der Waals surface area contributed by atoms with E-state index in [1.165, 1.54) is 0 Å². The fourth-order valence-electron chi connectivity index (χ4n) is 0. The van der Waals surface area contributed by atoms with Crippen molar-refractivity contribution < 1.29 is 120 Å². The van der Waals surface area contributed by atoms with E-state index in [0.29, 0.717) is 0 Å². The maximum atomic E-state index is 8.00. The van der Waals surface area contributed by atoms with Crippen LogP contribution in [0, 0.1) is 81.1 Å². The van der Waals surface area contributed by atoms with Gasteiger partial charge in [-0.1, -0.05) is 0 Å². The molecule has 0 heterocycles. The van der Waals surface area contributed by atoms with Crippen LogP contribution in [0.3, 0.4) is 0 Å². The fourth-order valence-corrected chi connectivity index (χ4v) is 0. The molecule has 0 saturated carbocycles. The molecular weight excluding hydrogens is 414 g/mol. The second kappa shape index (κ2) is 529. The molecule has 20 heavy (non-hydrogen) atoms. The van der Waals surface area contributed by atoms with Gasteiger partial charge in [0.25, 0.3) is 0 Å². The first-order chi connectivity index (χ1) is 7.41. The van der Waals surface area contributed by atoms with Crippen molar-refractivity contribution in [3.63, 3.8) is 0 Å². The summed E-state index contributed by atoms with van der Waals surface area (Å²) in [4.78, 5) is 8.00. The molecule has 0 aromatic heterocycles. The first-order valence-electron chi connectivity index (χ1n) is 1.71. The maximum Gasteiger partial charge on any atom is 5.00 e. The quantitative estimate of drug-likeness (QED) is 0.162. The predicted octanol–water partition coefficient (Wildman–Crippen LogP) is -5.93. The SMILES string of the molecule is O=N[O-].[C-]#N.[C-]#N.[C-]#N.[C-]#N.[C-]#N.[C-]#N.[Fe+5].[K+].[K+].[K].[K]. The van der Waals surface area contributed by atoms with Gasteiger partial charge in [-0.2, -0.15) is 0 Å². The molecule has 0 rings (SSSR count). The van der Waals surface area contributed by atoms with Crippen LogP contribution in [-0.4, -0.2) is 103 Å². The first kappa shape index (κ1) is 90.3. The van der Waals surface area contributed by atoms with Crippen LogP contribution in [0.1, 0.15) is 0 Å². The van der Waals surface area contributed by atoms with Crippen molar-refractivity contribution in [2.45, 2.75) is 0 Å². The molecule has 0 unspecified atom stereocenters. The maximum absolute atomic E-state index is 8.00. The average Bonchev–Trinajstić information content (AvgIpc) is 2.44. The van der Waals surface area contributed by atoms with Gasteiger partial charge in [0, 0.05) is 103 Å². The molecule has 83 valence electrons. The molecule has 0 aliphatic rings. The molecule has 0 bridgehead atoms. The first-order valence-corrected chi connectivity index (χ1v) is 1.71.